The van der Waals surface area contributed by atoms with Crippen molar-refractivity contribution < 1.29 is 14.3 Å². The predicted octanol–water partition coefficient (Wildman–Crippen LogP) is 3.02. The summed E-state index contributed by atoms with van der Waals surface area (Å²) in [6.07, 6.45) is -0.485. The summed E-state index contributed by atoms with van der Waals surface area (Å²) in [5.41, 5.74) is 2.05. The molecule has 0 radical (unpaired) electrons. The number of ether oxygens (including phenoxy) is 1. The van der Waals surface area contributed by atoms with E-state index in [0.717, 1.165) is 11.4 Å². The maximum Gasteiger partial charge on any atom is 0.407 e. The molecule has 0 fully saturated rings. The summed E-state index contributed by atoms with van der Waals surface area (Å²) in [6, 6.07) is 5.79. The maximum absolute atomic E-state index is 11.9. The number of nitrogens with one attached hydrogen (secondary N) is 1. The Kier molecular flexibility index (Phi) is 5.35. The Morgan fingerprint density at radius 3 is 2.32 bits per heavy atom. The summed E-state index contributed by atoms with van der Waals surface area (Å²) in [7, 11) is 0. The molecule has 0 saturated carbocycles. The first-order valence-corrected chi connectivity index (χ1v) is 8.29. The van der Waals surface area contributed by atoms with Gasteiger partial charge in [0.15, 0.2) is 11.6 Å². The number of Topliss-reactive ketones (excluding diaryl/α,β-unsaturated/α-hetero) is 1. The number of hydrogen-bond donors (Lipinski definition) is 1. The van der Waals surface area contributed by atoms with E-state index in [9.17, 15) is 9.59 Å². The second-order valence-electron chi connectivity index (χ2n) is 7.05. The lowest BCUT2D eigenvalue weighted by molar-refractivity contribution is 0.0525. The van der Waals surface area contributed by atoms with Crippen molar-refractivity contribution in [2.75, 3.05) is 6.54 Å². The molecule has 2 aromatic heterocycles. The summed E-state index contributed by atoms with van der Waals surface area (Å²) < 4.78 is 8.81. The zero-order valence-electron chi connectivity index (χ0n) is 15.7. The number of hydrogen-bond acceptors (Lipinski definition) is 4. The van der Waals surface area contributed by atoms with Crippen LogP contribution in [-0.2, 0) is 11.3 Å². The number of nitrogens with zero attached hydrogens (tertiary/aromatic N) is 3. The SMILES string of the molecule is CC(=O)c1cc(-n2c(C)ccc2C)nn1CCNC(=O)OC(C)(C)C. The molecule has 0 spiro atoms. The topological polar surface area (TPSA) is 78.2 Å². The minimum absolute atomic E-state index is 0.0709. The molecule has 7 nitrogen and oxygen atoms in total. The molecule has 1 amide bonds. The standard InChI is InChI=1S/C18H26N4O3/c1-12-7-8-13(2)22(12)16-11-15(14(3)23)21(20-16)10-9-19-17(24)25-18(4,5)6/h7-8,11H,9-10H2,1-6H3,(H,19,24). The number of ketones is 1. The molecular weight excluding hydrogens is 320 g/mol. The van der Waals surface area contributed by atoms with Crippen LogP contribution in [0.3, 0.4) is 0 Å². The molecule has 0 aromatic carbocycles. The molecule has 2 rings (SSSR count). The van der Waals surface area contributed by atoms with Gasteiger partial charge in [-0.1, -0.05) is 0 Å². The smallest absolute Gasteiger partial charge is 0.407 e. The van der Waals surface area contributed by atoms with Gasteiger partial charge < -0.3 is 14.6 Å². The minimum Gasteiger partial charge on any atom is -0.444 e. The van der Waals surface area contributed by atoms with Crippen LogP contribution < -0.4 is 5.32 Å². The van der Waals surface area contributed by atoms with Crippen molar-refractivity contribution in [3.8, 4) is 5.82 Å². The van der Waals surface area contributed by atoms with Crippen LogP contribution in [0.15, 0.2) is 18.2 Å². The summed E-state index contributed by atoms with van der Waals surface area (Å²) in [4.78, 5) is 23.6. The monoisotopic (exact) mass is 346 g/mol. The fourth-order valence-electron chi connectivity index (χ4n) is 2.57. The zero-order chi connectivity index (χ0) is 18.8. The van der Waals surface area contributed by atoms with E-state index in [4.69, 9.17) is 4.74 Å². The molecule has 25 heavy (non-hydrogen) atoms. The van der Waals surface area contributed by atoms with Crippen LogP contribution >= 0.6 is 0 Å². The molecule has 0 atom stereocenters. The number of carbonyl (C=O) groups excluding carboxylic acids is 2. The van der Waals surface area contributed by atoms with Gasteiger partial charge in [-0.2, -0.15) is 5.10 Å². The summed E-state index contributed by atoms with van der Waals surface area (Å²) in [6.45, 7) is 11.6. The molecule has 0 aliphatic rings. The Morgan fingerprint density at radius 1 is 1.20 bits per heavy atom. The van der Waals surface area contributed by atoms with E-state index in [1.807, 2.05) is 51.3 Å². The second kappa shape index (κ2) is 7.13. The van der Waals surface area contributed by atoms with Crippen LogP contribution in [0.4, 0.5) is 4.79 Å². The van der Waals surface area contributed by atoms with Gasteiger partial charge in [-0.05, 0) is 46.8 Å². The van der Waals surface area contributed by atoms with Crippen molar-refractivity contribution >= 4 is 11.9 Å². The lowest BCUT2D eigenvalue weighted by atomic mass is 10.2. The van der Waals surface area contributed by atoms with E-state index < -0.39 is 11.7 Å². The van der Waals surface area contributed by atoms with E-state index in [0.29, 0.717) is 24.6 Å². The molecule has 2 aromatic rings. The number of aryl methyl sites for hydroxylation is 2. The second-order valence-corrected chi connectivity index (χ2v) is 7.05. The molecule has 7 heteroatoms. The largest absolute Gasteiger partial charge is 0.444 e. The van der Waals surface area contributed by atoms with E-state index in [-0.39, 0.29) is 5.78 Å². The molecule has 2 heterocycles. The van der Waals surface area contributed by atoms with Crippen molar-refractivity contribution in [1.29, 1.82) is 0 Å². The van der Waals surface area contributed by atoms with Gasteiger partial charge >= 0.3 is 6.09 Å². The highest BCUT2D eigenvalue weighted by Gasteiger charge is 2.17. The fourth-order valence-corrected chi connectivity index (χ4v) is 2.57. The number of amides is 1. The minimum atomic E-state index is -0.545. The lowest BCUT2D eigenvalue weighted by Gasteiger charge is -2.19. The van der Waals surface area contributed by atoms with E-state index >= 15 is 0 Å². The van der Waals surface area contributed by atoms with Gasteiger partial charge in [0.1, 0.15) is 11.3 Å². The number of alkyl carbamates (subject to hydrolysis) is 1. The Bertz CT molecular complexity index is 761. The van der Waals surface area contributed by atoms with Gasteiger partial charge in [-0.15, -0.1) is 0 Å². The number of rotatable bonds is 5. The third-order valence-electron chi connectivity index (χ3n) is 3.62. The van der Waals surface area contributed by atoms with Crippen LogP contribution in [0.25, 0.3) is 5.82 Å². The van der Waals surface area contributed by atoms with Crippen LogP contribution in [0.2, 0.25) is 0 Å². The van der Waals surface area contributed by atoms with Crippen molar-refractivity contribution in [3.63, 3.8) is 0 Å². The van der Waals surface area contributed by atoms with Crippen LogP contribution in [0.1, 0.15) is 49.6 Å². The zero-order valence-corrected chi connectivity index (χ0v) is 15.7. The Labute approximate surface area is 148 Å². The first kappa shape index (κ1) is 18.8. The quantitative estimate of drug-likeness (QED) is 0.844. The van der Waals surface area contributed by atoms with Gasteiger partial charge in [-0.3, -0.25) is 9.48 Å². The molecule has 1 N–H and O–H groups in total. The van der Waals surface area contributed by atoms with Crippen LogP contribution in [0.5, 0.6) is 0 Å². The van der Waals surface area contributed by atoms with Gasteiger partial charge in [0.05, 0.1) is 6.54 Å². The van der Waals surface area contributed by atoms with Crippen molar-refractivity contribution in [2.45, 2.75) is 53.7 Å². The van der Waals surface area contributed by atoms with Gasteiger partial charge in [0, 0.05) is 30.9 Å². The molecule has 0 bridgehead atoms. The van der Waals surface area contributed by atoms with E-state index in [1.54, 1.807) is 10.7 Å². The highest BCUT2D eigenvalue weighted by Crippen LogP contribution is 2.17. The molecule has 0 saturated heterocycles. The average molecular weight is 346 g/mol. The fraction of sp³-hybridized carbons (Fsp3) is 0.500. The van der Waals surface area contributed by atoms with Crippen molar-refractivity contribution in [3.05, 3.63) is 35.3 Å². The molecule has 136 valence electrons. The molecule has 0 aliphatic heterocycles. The normalized spacial score (nSPS) is 11.4. The third kappa shape index (κ3) is 4.71. The van der Waals surface area contributed by atoms with E-state index in [2.05, 4.69) is 10.4 Å². The van der Waals surface area contributed by atoms with Crippen LogP contribution in [-0.4, -0.2) is 38.4 Å². The first-order valence-electron chi connectivity index (χ1n) is 8.29. The predicted molar refractivity (Wildman–Crippen MR) is 95.3 cm³/mol. The van der Waals surface area contributed by atoms with E-state index in [1.165, 1.54) is 6.92 Å². The lowest BCUT2D eigenvalue weighted by Crippen LogP contribution is -2.34. The van der Waals surface area contributed by atoms with Crippen molar-refractivity contribution in [1.82, 2.24) is 19.7 Å². The Morgan fingerprint density at radius 2 is 1.80 bits per heavy atom. The number of carbonyl (C=O) groups is 2. The Balaban J connectivity index is 2.13. The summed E-state index contributed by atoms with van der Waals surface area (Å²) in [5, 5.41) is 7.21. The molecule has 0 aliphatic carbocycles. The highest BCUT2D eigenvalue weighted by molar-refractivity contribution is 5.92. The van der Waals surface area contributed by atoms with Crippen molar-refractivity contribution in [2.24, 2.45) is 0 Å². The first-order chi connectivity index (χ1) is 11.6. The number of aromatic nitrogens is 3. The van der Waals surface area contributed by atoms with Gasteiger partial charge in [0.25, 0.3) is 0 Å². The summed E-state index contributed by atoms with van der Waals surface area (Å²) >= 11 is 0. The van der Waals surface area contributed by atoms with Crippen LogP contribution in [0, 0.1) is 13.8 Å². The summed E-state index contributed by atoms with van der Waals surface area (Å²) in [5.74, 6) is 0.626. The Hall–Kier alpha value is -2.57. The van der Waals surface area contributed by atoms with Gasteiger partial charge in [0.2, 0.25) is 0 Å². The highest BCUT2D eigenvalue weighted by atomic mass is 16.6. The molecule has 0 unspecified atom stereocenters. The average Bonchev–Trinajstić information content (AvgIpc) is 3.00. The molecular formula is C18H26N4O3. The maximum atomic E-state index is 11.9. The third-order valence-corrected chi connectivity index (χ3v) is 3.62. The van der Waals surface area contributed by atoms with Gasteiger partial charge in [-0.25, -0.2) is 4.79 Å².